The van der Waals surface area contributed by atoms with Crippen LogP contribution in [-0.4, -0.2) is 38.8 Å². The number of piperidine rings is 1. The van der Waals surface area contributed by atoms with Gasteiger partial charge in [0.25, 0.3) is 0 Å². The fraction of sp³-hybridized carbons (Fsp3) is 0.875. The minimum absolute atomic E-state index is 0.424. The van der Waals surface area contributed by atoms with Gasteiger partial charge in [-0.3, -0.25) is 0 Å². The molecule has 78 valence electrons. The third-order valence-corrected chi connectivity index (χ3v) is 2.70. The van der Waals surface area contributed by atoms with Crippen LogP contribution in [0.1, 0.15) is 19.8 Å². The van der Waals surface area contributed by atoms with Crippen molar-refractivity contribution in [3.05, 3.63) is 0 Å². The lowest BCUT2D eigenvalue weighted by atomic mass is 10.0. The smallest absolute Gasteiger partial charge is 0.242 e. The molecule has 0 radical (unpaired) electrons. The maximum absolute atomic E-state index is 3.91. The molecule has 1 aromatic heterocycles. The maximum Gasteiger partial charge on any atom is 0.242 e. The SMILES string of the molecule is CC1NCCCC1Nc1nnnn1C. The molecule has 6 heteroatoms. The number of aromatic nitrogens is 4. The highest BCUT2D eigenvalue weighted by atomic mass is 15.6. The molecular formula is C8H16N6. The second-order valence-electron chi connectivity index (χ2n) is 3.76. The first kappa shape index (κ1) is 9.39. The molecule has 2 N–H and O–H groups in total. The van der Waals surface area contributed by atoms with Crippen LogP contribution in [0.15, 0.2) is 0 Å². The number of hydrogen-bond acceptors (Lipinski definition) is 5. The summed E-state index contributed by atoms with van der Waals surface area (Å²) in [6, 6.07) is 0.897. The van der Waals surface area contributed by atoms with Gasteiger partial charge >= 0.3 is 0 Å². The highest BCUT2D eigenvalue weighted by Crippen LogP contribution is 2.12. The van der Waals surface area contributed by atoms with E-state index in [0.717, 1.165) is 12.5 Å². The van der Waals surface area contributed by atoms with Crippen molar-refractivity contribution in [2.24, 2.45) is 7.05 Å². The summed E-state index contributed by atoms with van der Waals surface area (Å²) < 4.78 is 1.65. The van der Waals surface area contributed by atoms with Gasteiger partial charge in [0, 0.05) is 19.1 Å². The van der Waals surface area contributed by atoms with Gasteiger partial charge in [0.15, 0.2) is 0 Å². The van der Waals surface area contributed by atoms with Gasteiger partial charge in [-0.15, -0.1) is 0 Å². The first-order valence-corrected chi connectivity index (χ1v) is 4.99. The van der Waals surface area contributed by atoms with Gasteiger partial charge in [0.1, 0.15) is 0 Å². The Labute approximate surface area is 83.1 Å². The molecule has 0 aliphatic carbocycles. The molecule has 0 aromatic carbocycles. The lowest BCUT2D eigenvalue weighted by Gasteiger charge is -2.30. The van der Waals surface area contributed by atoms with Gasteiger partial charge in [-0.25, -0.2) is 4.68 Å². The number of anilines is 1. The van der Waals surface area contributed by atoms with Crippen LogP contribution < -0.4 is 10.6 Å². The molecule has 2 unspecified atom stereocenters. The Morgan fingerprint density at radius 1 is 1.57 bits per heavy atom. The topological polar surface area (TPSA) is 67.7 Å². The van der Waals surface area contributed by atoms with Crippen molar-refractivity contribution in [2.45, 2.75) is 31.8 Å². The van der Waals surface area contributed by atoms with Crippen LogP contribution in [0.5, 0.6) is 0 Å². The van der Waals surface area contributed by atoms with E-state index < -0.39 is 0 Å². The number of tetrazole rings is 1. The molecule has 2 heterocycles. The minimum atomic E-state index is 0.424. The Kier molecular flexibility index (Phi) is 2.62. The molecule has 1 fully saturated rings. The molecule has 0 amide bonds. The summed E-state index contributed by atoms with van der Waals surface area (Å²) in [5, 5.41) is 18.0. The zero-order chi connectivity index (χ0) is 9.97. The van der Waals surface area contributed by atoms with Gasteiger partial charge in [0.2, 0.25) is 5.95 Å². The molecule has 1 aliphatic rings. The zero-order valence-corrected chi connectivity index (χ0v) is 8.56. The Morgan fingerprint density at radius 3 is 3.07 bits per heavy atom. The summed E-state index contributed by atoms with van der Waals surface area (Å²) in [6.45, 7) is 3.29. The largest absolute Gasteiger partial charge is 0.349 e. The van der Waals surface area contributed by atoms with Gasteiger partial charge in [-0.1, -0.05) is 5.10 Å². The van der Waals surface area contributed by atoms with Gasteiger partial charge in [-0.05, 0) is 36.7 Å². The fourth-order valence-corrected chi connectivity index (χ4v) is 1.76. The maximum atomic E-state index is 3.91. The average Bonchev–Trinajstić information content (AvgIpc) is 2.56. The molecule has 14 heavy (non-hydrogen) atoms. The molecule has 0 saturated carbocycles. The molecule has 1 aromatic rings. The Morgan fingerprint density at radius 2 is 2.43 bits per heavy atom. The van der Waals surface area contributed by atoms with Crippen molar-refractivity contribution < 1.29 is 0 Å². The predicted octanol–water partition coefficient (Wildman–Crippen LogP) is -0.238. The molecule has 1 saturated heterocycles. The quantitative estimate of drug-likeness (QED) is 0.683. The monoisotopic (exact) mass is 196 g/mol. The second-order valence-corrected chi connectivity index (χ2v) is 3.76. The standard InChI is InChI=1S/C8H16N6/c1-6-7(4-3-5-9-6)10-8-11-12-13-14(8)2/h6-7,9H,3-5H2,1-2H3,(H,10,11,13). The first-order valence-electron chi connectivity index (χ1n) is 4.99. The van der Waals surface area contributed by atoms with Crippen molar-refractivity contribution in [3.8, 4) is 0 Å². The van der Waals surface area contributed by atoms with E-state index in [9.17, 15) is 0 Å². The van der Waals surface area contributed by atoms with Crippen molar-refractivity contribution in [2.75, 3.05) is 11.9 Å². The van der Waals surface area contributed by atoms with Crippen molar-refractivity contribution >= 4 is 5.95 Å². The van der Waals surface area contributed by atoms with E-state index in [0.29, 0.717) is 12.1 Å². The van der Waals surface area contributed by atoms with Gasteiger partial charge in [0.05, 0.1) is 0 Å². The van der Waals surface area contributed by atoms with E-state index in [1.165, 1.54) is 12.8 Å². The van der Waals surface area contributed by atoms with E-state index in [4.69, 9.17) is 0 Å². The van der Waals surface area contributed by atoms with Gasteiger partial charge < -0.3 is 10.6 Å². The average molecular weight is 196 g/mol. The van der Waals surface area contributed by atoms with Crippen molar-refractivity contribution in [1.29, 1.82) is 0 Å². The second kappa shape index (κ2) is 3.91. The van der Waals surface area contributed by atoms with Crippen LogP contribution >= 0.6 is 0 Å². The van der Waals surface area contributed by atoms with E-state index in [-0.39, 0.29) is 0 Å². The van der Waals surface area contributed by atoms with Crippen LogP contribution in [0.25, 0.3) is 0 Å². The molecule has 6 nitrogen and oxygen atoms in total. The van der Waals surface area contributed by atoms with E-state index in [1.54, 1.807) is 4.68 Å². The first-order chi connectivity index (χ1) is 6.77. The molecular weight excluding hydrogens is 180 g/mol. The summed E-state index contributed by atoms with van der Waals surface area (Å²) in [4.78, 5) is 0. The third kappa shape index (κ3) is 1.84. The Balaban J connectivity index is 1.99. The van der Waals surface area contributed by atoms with Gasteiger partial charge in [-0.2, -0.15) is 0 Å². The van der Waals surface area contributed by atoms with Crippen molar-refractivity contribution in [3.63, 3.8) is 0 Å². The Hall–Kier alpha value is -1.17. The summed E-state index contributed by atoms with van der Waals surface area (Å²) in [5.41, 5.74) is 0. The summed E-state index contributed by atoms with van der Waals surface area (Å²) in [5.74, 6) is 0.741. The third-order valence-electron chi connectivity index (χ3n) is 2.70. The van der Waals surface area contributed by atoms with Crippen LogP contribution in [0.2, 0.25) is 0 Å². The highest BCUT2D eigenvalue weighted by molar-refractivity contribution is 5.24. The Bertz CT molecular complexity index is 296. The van der Waals surface area contributed by atoms with E-state index >= 15 is 0 Å². The van der Waals surface area contributed by atoms with Crippen LogP contribution in [0.3, 0.4) is 0 Å². The van der Waals surface area contributed by atoms with E-state index in [1.807, 2.05) is 7.05 Å². The van der Waals surface area contributed by atoms with Crippen molar-refractivity contribution in [1.82, 2.24) is 25.5 Å². The summed E-state index contributed by atoms with van der Waals surface area (Å²) in [7, 11) is 1.84. The molecule has 2 atom stereocenters. The van der Waals surface area contributed by atoms with Crippen LogP contribution in [-0.2, 0) is 7.05 Å². The normalized spacial score (nSPS) is 27.6. The summed E-state index contributed by atoms with van der Waals surface area (Å²) in [6.07, 6.45) is 2.37. The molecule has 0 spiro atoms. The number of nitrogens with zero attached hydrogens (tertiary/aromatic N) is 4. The van der Waals surface area contributed by atoms with Crippen LogP contribution in [0, 0.1) is 0 Å². The lowest BCUT2D eigenvalue weighted by molar-refractivity contribution is 0.387. The highest BCUT2D eigenvalue weighted by Gasteiger charge is 2.21. The lowest BCUT2D eigenvalue weighted by Crippen LogP contribution is -2.46. The predicted molar refractivity (Wildman–Crippen MR) is 52.9 cm³/mol. The molecule has 0 bridgehead atoms. The molecule has 1 aliphatic heterocycles. The summed E-state index contributed by atoms with van der Waals surface area (Å²) >= 11 is 0. The minimum Gasteiger partial charge on any atom is -0.349 e. The number of aryl methyl sites for hydroxylation is 1. The number of rotatable bonds is 2. The number of hydrogen-bond donors (Lipinski definition) is 2. The van der Waals surface area contributed by atoms with E-state index in [2.05, 4.69) is 33.1 Å². The fourth-order valence-electron chi connectivity index (χ4n) is 1.76. The molecule has 2 rings (SSSR count). The number of nitrogens with one attached hydrogen (secondary N) is 2. The van der Waals surface area contributed by atoms with Crippen LogP contribution in [0.4, 0.5) is 5.95 Å². The zero-order valence-electron chi connectivity index (χ0n) is 8.56.